The molecule has 2 unspecified atom stereocenters. The van der Waals surface area contributed by atoms with Gasteiger partial charge in [-0.05, 0) is 98.0 Å². The standard InChI is InChI=1S/C33H49NO7/c1-23(2)33(22-32(35)36)26(12-11-25-20-30(39-5)31(40-6)21-27(25)33)14-16-34-15-7-9-24-10-13-28(29(19-24)38-4)41-18-8-17-37-3/h10,13,19-21,23,26,34H,7-9,11-12,14-18,22H2,1-6H3,(H,35,36). The zero-order chi connectivity index (χ0) is 29.8. The third kappa shape index (κ3) is 8.07. The molecule has 0 amide bonds. The van der Waals surface area contributed by atoms with E-state index in [1.165, 1.54) is 11.1 Å². The number of benzene rings is 2. The highest BCUT2D eigenvalue weighted by Gasteiger charge is 2.48. The molecule has 3 rings (SSSR count). The van der Waals surface area contributed by atoms with E-state index in [-0.39, 0.29) is 18.3 Å². The Morgan fingerprint density at radius 1 is 0.951 bits per heavy atom. The van der Waals surface area contributed by atoms with Crippen molar-refractivity contribution in [3.8, 4) is 23.0 Å². The molecule has 1 aliphatic rings. The van der Waals surface area contributed by atoms with E-state index in [0.29, 0.717) is 24.7 Å². The monoisotopic (exact) mass is 571 g/mol. The van der Waals surface area contributed by atoms with Gasteiger partial charge >= 0.3 is 5.97 Å². The number of rotatable bonds is 18. The van der Waals surface area contributed by atoms with Gasteiger partial charge in [0.15, 0.2) is 23.0 Å². The summed E-state index contributed by atoms with van der Waals surface area (Å²) in [5, 5.41) is 13.6. The maximum absolute atomic E-state index is 12.2. The predicted molar refractivity (Wildman–Crippen MR) is 161 cm³/mol. The van der Waals surface area contributed by atoms with Crippen LogP contribution in [0.5, 0.6) is 23.0 Å². The van der Waals surface area contributed by atoms with E-state index in [9.17, 15) is 9.90 Å². The van der Waals surface area contributed by atoms with Crippen molar-refractivity contribution in [2.45, 2.75) is 64.2 Å². The van der Waals surface area contributed by atoms with Gasteiger partial charge in [0.1, 0.15) is 0 Å². The molecular weight excluding hydrogens is 522 g/mol. The number of carboxylic acid groups (broad SMARTS) is 1. The summed E-state index contributed by atoms with van der Waals surface area (Å²) in [6.45, 7) is 7.30. The molecule has 0 spiro atoms. The first-order valence-corrected chi connectivity index (χ1v) is 14.8. The van der Waals surface area contributed by atoms with Crippen molar-refractivity contribution in [3.05, 3.63) is 47.0 Å². The fourth-order valence-electron chi connectivity index (χ4n) is 6.44. The molecular formula is C33H49NO7. The highest BCUT2D eigenvalue weighted by molar-refractivity contribution is 5.70. The minimum absolute atomic E-state index is 0.103. The van der Waals surface area contributed by atoms with Crippen LogP contribution >= 0.6 is 0 Å². The molecule has 0 radical (unpaired) electrons. The summed E-state index contributed by atoms with van der Waals surface area (Å²) in [7, 11) is 6.62. The maximum Gasteiger partial charge on any atom is 0.304 e. The van der Waals surface area contributed by atoms with Crippen LogP contribution in [0, 0.1) is 11.8 Å². The van der Waals surface area contributed by atoms with Crippen molar-refractivity contribution in [2.75, 3.05) is 54.7 Å². The predicted octanol–water partition coefficient (Wildman–Crippen LogP) is 5.67. The molecule has 2 atom stereocenters. The lowest BCUT2D eigenvalue weighted by Crippen LogP contribution is -2.46. The number of methoxy groups -OCH3 is 4. The first-order valence-electron chi connectivity index (χ1n) is 14.8. The lowest BCUT2D eigenvalue weighted by Gasteiger charge is -2.48. The molecule has 0 heterocycles. The normalized spacial score (nSPS) is 18.2. The lowest BCUT2D eigenvalue weighted by atomic mass is 9.55. The largest absolute Gasteiger partial charge is 0.493 e. The average Bonchev–Trinajstić information content (AvgIpc) is 2.97. The number of hydrogen-bond donors (Lipinski definition) is 2. The van der Waals surface area contributed by atoms with Crippen LogP contribution in [0.25, 0.3) is 0 Å². The molecule has 0 aromatic heterocycles. The van der Waals surface area contributed by atoms with Crippen molar-refractivity contribution in [1.82, 2.24) is 5.32 Å². The molecule has 0 fully saturated rings. The van der Waals surface area contributed by atoms with E-state index in [1.54, 1.807) is 28.4 Å². The SMILES string of the molecule is COCCCOc1ccc(CCCNCCC2CCc3cc(OC)c(OC)cc3C2(CC(=O)O)C(C)C)cc1OC. The van der Waals surface area contributed by atoms with Gasteiger partial charge < -0.3 is 34.1 Å². The van der Waals surface area contributed by atoms with Crippen LogP contribution in [0.2, 0.25) is 0 Å². The van der Waals surface area contributed by atoms with Crippen molar-refractivity contribution in [1.29, 1.82) is 0 Å². The summed E-state index contributed by atoms with van der Waals surface area (Å²) in [6, 6.07) is 10.2. The van der Waals surface area contributed by atoms with E-state index in [2.05, 4.69) is 31.3 Å². The fourth-order valence-corrected chi connectivity index (χ4v) is 6.44. The average molecular weight is 572 g/mol. The van der Waals surface area contributed by atoms with Crippen LogP contribution in [0.1, 0.15) is 62.6 Å². The maximum atomic E-state index is 12.2. The van der Waals surface area contributed by atoms with E-state index in [1.807, 2.05) is 18.2 Å². The number of fused-ring (bicyclic) bond motifs is 1. The fraction of sp³-hybridized carbons (Fsp3) is 0.606. The zero-order valence-corrected chi connectivity index (χ0v) is 25.7. The topological polar surface area (TPSA) is 95.5 Å². The summed E-state index contributed by atoms with van der Waals surface area (Å²) in [5.74, 6) is 2.50. The van der Waals surface area contributed by atoms with E-state index in [0.717, 1.165) is 68.7 Å². The number of hydrogen-bond acceptors (Lipinski definition) is 7. The van der Waals surface area contributed by atoms with Gasteiger partial charge in [-0.2, -0.15) is 0 Å². The Bertz CT molecular complexity index is 1120. The molecule has 0 bridgehead atoms. The third-order valence-corrected chi connectivity index (χ3v) is 8.54. The molecule has 8 heteroatoms. The lowest BCUT2D eigenvalue weighted by molar-refractivity contribution is -0.140. The molecule has 41 heavy (non-hydrogen) atoms. The Kier molecular flexibility index (Phi) is 12.6. The Morgan fingerprint density at radius 3 is 2.32 bits per heavy atom. The molecule has 228 valence electrons. The molecule has 0 saturated carbocycles. The summed E-state index contributed by atoms with van der Waals surface area (Å²) in [6.07, 6.45) is 5.64. The van der Waals surface area contributed by atoms with Crippen LogP contribution in [-0.2, 0) is 27.8 Å². The van der Waals surface area contributed by atoms with Crippen LogP contribution in [0.4, 0.5) is 0 Å². The highest BCUT2D eigenvalue weighted by atomic mass is 16.5. The van der Waals surface area contributed by atoms with Crippen molar-refractivity contribution < 1.29 is 33.6 Å². The molecule has 1 aliphatic carbocycles. The number of carboxylic acids is 1. The molecule has 0 aliphatic heterocycles. The summed E-state index contributed by atoms with van der Waals surface area (Å²) >= 11 is 0. The van der Waals surface area contributed by atoms with E-state index < -0.39 is 11.4 Å². The zero-order valence-electron chi connectivity index (χ0n) is 25.7. The summed E-state index contributed by atoms with van der Waals surface area (Å²) in [4.78, 5) is 12.2. The number of nitrogens with one attached hydrogen (secondary N) is 1. The third-order valence-electron chi connectivity index (χ3n) is 8.54. The van der Waals surface area contributed by atoms with Crippen LogP contribution in [0.15, 0.2) is 30.3 Å². The molecule has 2 N–H and O–H groups in total. The van der Waals surface area contributed by atoms with E-state index >= 15 is 0 Å². The Morgan fingerprint density at radius 2 is 1.66 bits per heavy atom. The Labute approximate surface area is 245 Å². The number of carbonyl (C=O) groups is 1. The van der Waals surface area contributed by atoms with Gasteiger partial charge in [0, 0.05) is 25.6 Å². The second kappa shape index (κ2) is 15.9. The van der Waals surface area contributed by atoms with Gasteiger partial charge in [0.2, 0.25) is 0 Å². The number of aryl methyl sites for hydroxylation is 2. The Balaban J connectivity index is 1.60. The van der Waals surface area contributed by atoms with Gasteiger partial charge in [-0.25, -0.2) is 0 Å². The molecule has 2 aromatic carbocycles. The minimum Gasteiger partial charge on any atom is -0.493 e. The van der Waals surface area contributed by atoms with Crippen LogP contribution < -0.4 is 24.3 Å². The van der Waals surface area contributed by atoms with Gasteiger partial charge in [0.05, 0.1) is 34.4 Å². The second-order valence-corrected chi connectivity index (χ2v) is 11.2. The van der Waals surface area contributed by atoms with Crippen LogP contribution in [0.3, 0.4) is 0 Å². The van der Waals surface area contributed by atoms with Crippen LogP contribution in [-0.4, -0.2) is 65.8 Å². The summed E-state index contributed by atoms with van der Waals surface area (Å²) < 4.78 is 27.6. The van der Waals surface area contributed by atoms with Crippen molar-refractivity contribution in [3.63, 3.8) is 0 Å². The van der Waals surface area contributed by atoms with E-state index in [4.69, 9.17) is 23.7 Å². The first-order chi connectivity index (χ1) is 19.8. The van der Waals surface area contributed by atoms with Gasteiger partial charge in [-0.15, -0.1) is 0 Å². The first kappa shape index (κ1) is 32.5. The number of ether oxygens (including phenoxy) is 5. The van der Waals surface area contributed by atoms with Gasteiger partial charge in [0.25, 0.3) is 0 Å². The number of aliphatic carboxylic acids is 1. The van der Waals surface area contributed by atoms with Crippen molar-refractivity contribution >= 4 is 5.97 Å². The smallest absolute Gasteiger partial charge is 0.304 e. The summed E-state index contributed by atoms with van der Waals surface area (Å²) in [5.41, 5.74) is 3.01. The Hall–Kier alpha value is -2.97. The van der Waals surface area contributed by atoms with Crippen molar-refractivity contribution in [2.24, 2.45) is 11.8 Å². The van der Waals surface area contributed by atoms with Gasteiger partial charge in [-0.1, -0.05) is 19.9 Å². The molecule has 0 saturated heterocycles. The molecule has 2 aromatic rings. The second-order valence-electron chi connectivity index (χ2n) is 11.2. The molecule has 8 nitrogen and oxygen atoms in total. The van der Waals surface area contributed by atoms with Gasteiger partial charge in [-0.3, -0.25) is 4.79 Å². The highest BCUT2D eigenvalue weighted by Crippen LogP contribution is 2.52. The quantitative estimate of drug-likeness (QED) is 0.221. The minimum atomic E-state index is -0.763.